The normalized spacial score (nSPS) is 18.7. The van der Waals surface area contributed by atoms with Crippen LogP contribution in [0.3, 0.4) is 0 Å². The van der Waals surface area contributed by atoms with Crippen LogP contribution in [0.4, 0.5) is 0 Å². The van der Waals surface area contributed by atoms with Gasteiger partial charge < -0.3 is 0 Å². The molecule has 2 aromatic rings. The Morgan fingerprint density at radius 3 is 1.21 bits per heavy atom. The Kier molecular flexibility index (Phi) is 1.83. The minimum Gasteiger partial charge on any atom is -0.0622 e. The van der Waals surface area contributed by atoms with Crippen molar-refractivity contribution in [3.8, 4) is 0 Å². The van der Waals surface area contributed by atoms with Gasteiger partial charge in [-0.15, -0.1) is 0 Å². The highest BCUT2D eigenvalue weighted by Crippen LogP contribution is 2.05. The molecule has 2 aromatic carbocycles. The topological polar surface area (TPSA) is 0 Å². The molecule has 72 valence electrons. The van der Waals surface area contributed by atoms with E-state index in [0.717, 1.165) is 0 Å². The van der Waals surface area contributed by atoms with Gasteiger partial charge in [0.1, 0.15) is 0 Å². The lowest BCUT2D eigenvalue weighted by Gasteiger charge is -1.80. The SMILES string of the molecule is [2H]c1c([2H])c([2H])c(Br)c([2H])c1[2H].[2H]c1c([2H])c([2H])c(Br)c([2H])c1[2H]. The molecule has 0 spiro atoms. The van der Waals surface area contributed by atoms with E-state index in [9.17, 15) is 0 Å². The van der Waals surface area contributed by atoms with Crippen molar-refractivity contribution in [1.29, 1.82) is 0 Å². The van der Waals surface area contributed by atoms with E-state index in [0.29, 0.717) is 0 Å². The number of halogens is 2. The van der Waals surface area contributed by atoms with E-state index in [-0.39, 0.29) is 69.4 Å². The average molecular weight is 324 g/mol. The van der Waals surface area contributed by atoms with Crippen LogP contribution in [0.2, 0.25) is 0 Å². The van der Waals surface area contributed by atoms with Gasteiger partial charge in [0.05, 0.1) is 13.7 Å². The van der Waals surface area contributed by atoms with E-state index in [4.69, 9.17) is 13.7 Å². The van der Waals surface area contributed by atoms with Crippen LogP contribution in [0.25, 0.3) is 0 Å². The molecule has 0 N–H and O–H groups in total. The molecule has 14 heavy (non-hydrogen) atoms. The van der Waals surface area contributed by atoms with Crippen molar-refractivity contribution in [2.45, 2.75) is 0 Å². The molecule has 0 aliphatic heterocycles. The first kappa shape index (κ1) is 3.76. The molecule has 0 aliphatic carbocycles. The molecule has 0 aromatic heterocycles. The molecule has 0 saturated carbocycles. The van der Waals surface area contributed by atoms with Crippen LogP contribution in [0.1, 0.15) is 13.7 Å². The minimum absolute atomic E-state index is 0.105. The Labute approximate surface area is 115 Å². The van der Waals surface area contributed by atoms with Crippen LogP contribution in [0.5, 0.6) is 0 Å². The zero-order valence-electron chi connectivity index (χ0n) is 16.8. The van der Waals surface area contributed by atoms with Crippen molar-refractivity contribution in [1.82, 2.24) is 0 Å². The van der Waals surface area contributed by atoms with Crippen LogP contribution in [0.15, 0.2) is 69.4 Å². The van der Waals surface area contributed by atoms with E-state index >= 15 is 0 Å². The van der Waals surface area contributed by atoms with Crippen molar-refractivity contribution >= 4 is 31.9 Å². The van der Waals surface area contributed by atoms with E-state index in [1.54, 1.807) is 0 Å². The molecule has 0 fully saturated rings. The highest BCUT2D eigenvalue weighted by Gasteiger charge is 1.75. The standard InChI is InChI=1S/2C6H5Br/c2*7-6-4-2-1-3-5-6/h2*1-5H/i2*1D,2D,3D,4D,5D. The Morgan fingerprint density at radius 1 is 0.643 bits per heavy atom. The molecule has 0 saturated heterocycles. The summed E-state index contributed by atoms with van der Waals surface area (Å²) in [4.78, 5) is 0. The van der Waals surface area contributed by atoms with Gasteiger partial charge in [-0.2, -0.15) is 0 Å². The number of hydrogen-bond donors (Lipinski definition) is 0. The molecule has 0 unspecified atom stereocenters. The van der Waals surface area contributed by atoms with Crippen LogP contribution in [-0.4, -0.2) is 0 Å². The summed E-state index contributed by atoms with van der Waals surface area (Å²) in [5.41, 5.74) is 0. The summed E-state index contributed by atoms with van der Waals surface area (Å²) >= 11 is 5.83. The fourth-order valence-corrected chi connectivity index (χ4v) is 0.866. The first-order valence-electron chi connectivity index (χ1n) is 8.38. The summed E-state index contributed by atoms with van der Waals surface area (Å²) in [5, 5.41) is 0. The number of rotatable bonds is 0. The van der Waals surface area contributed by atoms with Gasteiger partial charge in [0.15, 0.2) is 0 Å². The second-order valence-electron chi connectivity index (χ2n) is 1.88. The molecule has 0 nitrogen and oxygen atoms in total. The monoisotopic (exact) mass is 322 g/mol. The summed E-state index contributed by atoms with van der Waals surface area (Å²) in [6.45, 7) is 0. The molecule has 2 rings (SSSR count). The highest BCUT2D eigenvalue weighted by atomic mass is 79.9. The van der Waals surface area contributed by atoms with Crippen LogP contribution < -0.4 is 0 Å². The summed E-state index contributed by atoms with van der Waals surface area (Å²) in [6, 6.07) is -2.83. The second-order valence-corrected chi connectivity index (χ2v) is 3.46. The van der Waals surface area contributed by atoms with Gasteiger partial charge in [0.25, 0.3) is 0 Å². The van der Waals surface area contributed by atoms with Gasteiger partial charge >= 0.3 is 0 Å². The predicted octanol–water partition coefficient (Wildman–Crippen LogP) is 4.90. The van der Waals surface area contributed by atoms with E-state index in [2.05, 4.69) is 31.9 Å². The Bertz CT molecular complexity index is 528. The third-order valence-corrected chi connectivity index (χ3v) is 1.73. The molecular weight excluding hydrogens is 304 g/mol. The van der Waals surface area contributed by atoms with E-state index < -0.39 is 0 Å². The number of benzene rings is 2. The molecule has 2 heteroatoms. The maximum absolute atomic E-state index is 7.26. The lowest BCUT2D eigenvalue weighted by atomic mass is 10.4. The lowest BCUT2D eigenvalue weighted by molar-refractivity contribution is 1.66. The molecule has 0 atom stereocenters. The van der Waals surface area contributed by atoms with Gasteiger partial charge in [0.2, 0.25) is 0 Å². The number of hydrogen-bond acceptors (Lipinski definition) is 0. The third kappa shape index (κ3) is 5.20. The van der Waals surface area contributed by atoms with Gasteiger partial charge in [-0.1, -0.05) is 68.1 Å². The molecule has 0 amide bonds. The zero-order valence-corrected chi connectivity index (χ0v) is 9.93. The summed E-state index contributed by atoms with van der Waals surface area (Å²) in [6.07, 6.45) is 0. The maximum Gasteiger partial charge on any atom is 0.0635 e. The first-order valence-corrected chi connectivity index (χ1v) is 4.96. The largest absolute Gasteiger partial charge is 0.0635 e. The molecule has 0 radical (unpaired) electrons. The summed E-state index contributed by atoms with van der Waals surface area (Å²) in [5.74, 6) is 0. The fraction of sp³-hybridized carbons (Fsp3) is 0. The zero-order chi connectivity index (χ0) is 18.9. The lowest BCUT2D eigenvalue weighted by Crippen LogP contribution is -1.55. The Morgan fingerprint density at radius 2 is 0.929 bits per heavy atom. The van der Waals surface area contributed by atoms with Crippen molar-refractivity contribution in [2.75, 3.05) is 0 Å². The van der Waals surface area contributed by atoms with E-state index in [1.165, 1.54) is 0 Å². The fourth-order valence-electron chi connectivity index (χ4n) is 0.469. The quantitative estimate of drug-likeness (QED) is 0.647. The Hall–Kier alpha value is -0.600. The third-order valence-electron chi connectivity index (χ3n) is 0.939. The van der Waals surface area contributed by atoms with E-state index in [1.807, 2.05) is 0 Å². The van der Waals surface area contributed by atoms with Gasteiger partial charge in [0, 0.05) is 8.95 Å². The van der Waals surface area contributed by atoms with Gasteiger partial charge in [-0.25, -0.2) is 0 Å². The van der Waals surface area contributed by atoms with Crippen molar-refractivity contribution < 1.29 is 13.7 Å². The molecular formula is C12H10Br2. The van der Waals surface area contributed by atoms with Crippen molar-refractivity contribution in [3.63, 3.8) is 0 Å². The van der Waals surface area contributed by atoms with Crippen LogP contribution in [0, 0.1) is 0 Å². The minimum atomic E-state index is -0.367. The summed E-state index contributed by atoms with van der Waals surface area (Å²) in [7, 11) is 0. The molecule has 0 heterocycles. The van der Waals surface area contributed by atoms with Crippen molar-refractivity contribution in [3.05, 3.63) is 69.4 Å². The molecule has 0 aliphatic rings. The smallest absolute Gasteiger partial charge is 0.0622 e. The van der Waals surface area contributed by atoms with Gasteiger partial charge in [-0.05, 0) is 24.2 Å². The summed E-state index contributed by atoms with van der Waals surface area (Å²) < 4.78 is 72.5. The van der Waals surface area contributed by atoms with Crippen LogP contribution in [-0.2, 0) is 0 Å². The second kappa shape index (κ2) is 6.80. The first-order chi connectivity index (χ1) is 10.9. The van der Waals surface area contributed by atoms with Crippen molar-refractivity contribution in [2.24, 2.45) is 0 Å². The maximum atomic E-state index is 7.26. The van der Waals surface area contributed by atoms with Crippen LogP contribution >= 0.6 is 31.9 Å². The van der Waals surface area contributed by atoms with Gasteiger partial charge in [-0.3, -0.25) is 0 Å². The Balaban J connectivity index is 0.000000240. The highest BCUT2D eigenvalue weighted by molar-refractivity contribution is 9.10. The average Bonchev–Trinajstić information content (AvgIpc) is 2.58. The molecule has 0 bridgehead atoms. The predicted molar refractivity (Wildman–Crippen MR) is 68.3 cm³/mol.